The molecule has 3 aromatic rings. The summed E-state index contributed by atoms with van der Waals surface area (Å²) in [5.41, 5.74) is 3.92. The predicted octanol–water partition coefficient (Wildman–Crippen LogP) is 3.27. The molecule has 0 aliphatic carbocycles. The van der Waals surface area contributed by atoms with Crippen molar-refractivity contribution in [1.82, 2.24) is 5.48 Å². The Labute approximate surface area is 151 Å². The Balaban J connectivity index is 1.86. The SMILES string of the molecule is O=C(NO)c1ccc(-c2cccc(NS(=O)(=O)c3ccccc3)c2)cc1. The fourth-order valence-electron chi connectivity index (χ4n) is 2.45. The summed E-state index contributed by atoms with van der Waals surface area (Å²) in [6.07, 6.45) is 0. The molecule has 0 unspecified atom stereocenters. The topological polar surface area (TPSA) is 95.5 Å². The highest BCUT2D eigenvalue weighted by Gasteiger charge is 2.13. The second kappa shape index (κ2) is 7.38. The van der Waals surface area contributed by atoms with Gasteiger partial charge >= 0.3 is 0 Å². The average molecular weight is 368 g/mol. The van der Waals surface area contributed by atoms with E-state index in [1.807, 2.05) is 6.07 Å². The Morgan fingerprint density at radius 2 is 1.50 bits per heavy atom. The van der Waals surface area contributed by atoms with Crippen LogP contribution >= 0.6 is 0 Å². The lowest BCUT2D eigenvalue weighted by molar-refractivity contribution is 0.0706. The number of hydroxylamine groups is 1. The van der Waals surface area contributed by atoms with Crippen LogP contribution in [0.25, 0.3) is 11.1 Å². The van der Waals surface area contributed by atoms with Gasteiger partial charge in [-0.25, -0.2) is 13.9 Å². The fourth-order valence-corrected chi connectivity index (χ4v) is 3.53. The maximum atomic E-state index is 12.4. The second-order valence-corrected chi connectivity index (χ2v) is 7.20. The Morgan fingerprint density at radius 3 is 2.15 bits per heavy atom. The van der Waals surface area contributed by atoms with Crippen LogP contribution in [-0.4, -0.2) is 19.5 Å². The number of hydrogen-bond acceptors (Lipinski definition) is 4. The van der Waals surface area contributed by atoms with Crippen molar-refractivity contribution in [2.24, 2.45) is 0 Å². The highest BCUT2D eigenvalue weighted by atomic mass is 32.2. The van der Waals surface area contributed by atoms with Gasteiger partial charge in [0.05, 0.1) is 4.90 Å². The van der Waals surface area contributed by atoms with E-state index in [4.69, 9.17) is 5.21 Å². The molecule has 3 N–H and O–H groups in total. The zero-order valence-electron chi connectivity index (χ0n) is 13.6. The Kier molecular flexibility index (Phi) is 5.01. The molecule has 3 aromatic carbocycles. The minimum atomic E-state index is -3.66. The first-order chi connectivity index (χ1) is 12.5. The molecule has 0 spiro atoms. The third-order valence-corrected chi connectivity index (χ3v) is 5.15. The molecule has 3 rings (SSSR count). The average Bonchev–Trinajstić information content (AvgIpc) is 2.68. The normalized spacial score (nSPS) is 11.0. The van der Waals surface area contributed by atoms with Crippen LogP contribution in [0.4, 0.5) is 5.69 Å². The number of nitrogens with one attached hydrogen (secondary N) is 2. The van der Waals surface area contributed by atoms with Crippen LogP contribution in [-0.2, 0) is 10.0 Å². The van der Waals surface area contributed by atoms with Crippen LogP contribution in [0.3, 0.4) is 0 Å². The van der Waals surface area contributed by atoms with E-state index < -0.39 is 15.9 Å². The molecule has 0 radical (unpaired) electrons. The number of carbonyl (C=O) groups excluding carboxylic acids is 1. The third kappa shape index (κ3) is 3.90. The summed E-state index contributed by atoms with van der Waals surface area (Å²) in [7, 11) is -3.66. The molecule has 0 aliphatic heterocycles. The van der Waals surface area contributed by atoms with Gasteiger partial charge in [0.25, 0.3) is 15.9 Å². The standard InChI is InChI=1S/C19H16N2O4S/c22-19(20-23)15-11-9-14(10-12-15)16-5-4-6-17(13-16)21-26(24,25)18-7-2-1-3-8-18/h1-13,21,23H,(H,20,22). The van der Waals surface area contributed by atoms with Crippen LogP contribution in [0.5, 0.6) is 0 Å². The first-order valence-electron chi connectivity index (χ1n) is 7.72. The highest BCUT2D eigenvalue weighted by molar-refractivity contribution is 7.92. The molecule has 132 valence electrons. The second-order valence-electron chi connectivity index (χ2n) is 5.52. The van der Waals surface area contributed by atoms with Gasteiger partial charge in [0.15, 0.2) is 0 Å². The Morgan fingerprint density at radius 1 is 0.808 bits per heavy atom. The quantitative estimate of drug-likeness (QED) is 0.476. The van der Waals surface area contributed by atoms with Crippen molar-refractivity contribution < 1.29 is 18.4 Å². The molecule has 0 aromatic heterocycles. The summed E-state index contributed by atoms with van der Waals surface area (Å²) in [6, 6.07) is 21.7. The molecule has 7 heteroatoms. The Bertz CT molecular complexity index is 1020. The van der Waals surface area contributed by atoms with Gasteiger partial charge in [-0.2, -0.15) is 0 Å². The van der Waals surface area contributed by atoms with E-state index in [-0.39, 0.29) is 4.90 Å². The van der Waals surface area contributed by atoms with Gasteiger partial charge in [-0.15, -0.1) is 0 Å². The third-order valence-electron chi connectivity index (χ3n) is 3.75. The van der Waals surface area contributed by atoms with Gasteiger partial charge in [0, 0.05) is 11.3 Å². The van der Waals surface area contributed by atoms with E-state index in [9.17, 15) is 13.2 Å². The molecular weight excluding hydrogens is 352 g/mol. The minimum Gasteiger partial charge on any atom is -0.288 e. The van der Waals surface area contributed by atoms with Gasteiger partial charge in [0.1, 0.15) is 0 Å². The van der Waals surface area contributed by atoms with Gasteiger partial charge in [-0.3, -0.25) is 14.7 Å². The van der Waals surface area contributed by atoms with Crippen LogP contribution in [0, 0.1) is 0 Å². The van der Waals surface area contributed by atoms with Gasteiger partial charge < -0.3 is 0 Å². The van der Waals surface area contributed by atoms with Crippen LogP contribution in [0.1, 0.15) is 10.4 Å². The van der Waals surface area contributed by atoms with Crippen molar-refractivity contribution in [2.45, 2.75) is 4.90 Å². The minimum absolute atomic E-state index is 0.185. The summed E-state index contributed by atoms with van der Waals surface area (Å²) in [5, 5.41) is 8.65. The first-order valence-corrected chi connectivity index (χ1v) is 9.21. The van der Waals surface area contributed by atoms with Gasteiger partial charge in [-0.05, 0) is 47.5 Å². The van der Waals surface area contributed by atoms with Crippen LogP contribution in [0.15, 0.2) is 83.8 Å². The largest absolute Gasteiger partial charge is 0.288 e. The van der Waals surface area contributed by atoms with E-state index >= 15 is 0 Å². The summed E-state index contributed by atoms with van der Waals surface area (Å²) < 4.78 is 27.4. The summed E-state index contributed by atoms with van der Waals surface area (Å²) in [4.78, 5) is 11.6. The maximum Gasteiger partial charge on any atom is 0.274 e. The van der Waals surface area contributed by atoms with Gasteiger partial charge in [-0.1, -0.05) is 42.5 Å². The smallest absolute Gasteiger partial charge is 0.274 e. The van der Waals surface area contributed by atoms with E-state index in [0.29, 0.717) is 11.3 Å². The lowest BCUT2D eigenvalue weighted by Gasteiger charge is -2.10. The number of amides is 1. The number of sulfonamides is 1. The molecule has 1 amide bonds. The number of anilines is 1. The zero-order valence-corrected chi connectivity index (χ0v) is 14.4. The summed E-state index contributed by atoms with van der Waals surface area (Å²) in [5.74, 6) is -0.596. The highest BCUT2D eigenvalue weighted by Crippen LogP contribution is 2.24. The predicted molar refractivity (Wildman–Crippen MR) is 98.4 cm³/mol. The first kappa shape index (κ1) is 17.7. The monoisotopic (exact) mass is 368 g/mol. The van der Waals surface area contributed by atoms with Crippen molar-refractivity contribution in [3.05, 3.63) is 84.4 Å². The van der Waals surface area contributed by atoms with Crippen molar-refractivity contribution in [3.8, 4) is 11.1 Å². The van der Waals surface area contributed by atoms with E-state index in [2.05, 4.69) is 4.72 Å². The number of hydrogen-bond donors (Lipinski definition) is 3. The molecule has 6 nitrogen and oxygen atoms in total. The Hall–Kier alpha value is -3.16. The van der Waals surface area contributed by atoms with Crippen molar-refractivity contribution in [3.63, 3.8) is 0 Å². The van der Waals surface area contributed by atoms with E-state index in [0.717, 1.165) is 11.1 Å². The molecule has 0 atom stereocenters. The molecule has 0 saturated carbocycles. The zero-order chi connectivity index (χ0) is 18.6. The van der Waals surface area contributed by atoms with E-state index in [1.54, 1.807) is 66.1 Å². The lowest BCUT2D eigenvalue weighted by atomic mass is 10.0. The lowest BCUT2D eigenvalue weighted by Crippen LogP contribution is -2.18. The molecule has 0 saturated heterocycles. The van der Waals surface area contributed by atoms with Crippen molar-refractivity contribution >= 4 is 21.6 Å². The number of benzene rings is 3. The molecular formula is C19H16N2O4S. The van der Waals surface area contributed by atoms with Crippen molar-refractivity contribution in [2.75, 3.05) is 4.72 Å². The fraction of sp³-hybridized carbons (Fsp3) is 0. The molecule has 0 fully saturated rings. The molecule has 0 aliphatic rings. The van der Waals surface area contributed by atoms with Crippen LogP contribution in [0.2, 0.25) is 0 Å². The van der Waals surface area contributed by atoms with Gasteiger partial charge in [0.2, 0.25) is 0 Å². The molecule has 26 heavy (non-hydrogen) atoms. The summed E-state index contributed by atoms with van der Waals surface area (Å²) in [6.45, 7) is 0. The maximum absolute atomic E-state index is 12.4. The van der Waals surface area contributed by atoms with E-state index in [1.165, 1.54) is 12.1 Å². The number of rotatable bonds is 5. The van der Waals surface area contributed by atoms with Crippen molar-refractivity contribution in [1.29, 1.82) is 0 Å². The molecule has 0 bridgehead atoms. The summed E-state index contributed by atoms with van der Waals surface area (Å²) >= 11 is 0. The molecule has 0 heterocycles. The van der Waals surface area contributed by atoms with Crippen LogP contribution < -0.4 is 10.2 Å². The number of carbonyl (C=O) groups is 1.